The molecule has 19 heavy (non-hydrogen) atoms. The molecular weight excluding hydrogens is 236 g/mol. The summed E-state index contributed by atoms with van der Waals surface area (Å²) >= 11 is 0. The fourth-order valence-electron chi connectivity index (χ4n) is 1.91. The molecule has 0 fully saturated rings. The van der Waals surface area contributed by atoms with Gasteiger partial charge in [0.1, 0.15) is 0 Å². The highest BCUT2D eigenvalue weighted by molar-refractivity contribution is 5.47. The normalized spacial score (nSPS) is 11.6. The molecular formula is C16H28N2O. The topological polar surface area (TPSA) is 38.5 Å². The first-order valence-corrected chi connectivity index (χ1v) is 7.05. The first-order chi connectivity index (χ1) is 8.98. The zero-order valence-corrected chi connectivity index (χ0v) is 12.8. The van der Waals surface area contributed by atoms with Gasteiger partial charge in [-0.2, -0.15) is 0 Å². The maximum atomic E-state index is 5.64. The van der Waals surface area contributed by atoms with Crippen molar-refractivity contribution in [3.05, 3.63) is 29.8 Å². The van der Waals surface area contributed by atoms with E-state index < -0.39 is 0 Å². The number of benzene rings is 1. The smallest absolute Gasteiger partial charge is 0.0639 e. The molecule has 0 aliphatic heterocycles. The van der Waals surface area contributed by atoms with E-state index in [1.54, 1.807) is 7.11 Å². The van der Waals surface area contributed by atoms with Crippen LogP contribution in [0.5, 0.6) is 0 Å². The third kappa shape index (κ3) is 5.62. The van der Waals surface area contributed by atoms with E-state index in [2.05, 4.69) is 49.9 Å². The van der Waals surface area contributed by atoms with E-state index in [0.29, 0.717) is 0 Å². The van der Waals surface area contributed by atoms with Gasteiger partial charge in [0.15, 0.2) is 0 Å². The lowest BCUT2D eigenvalue weighted by Gasteiger charge is -2.30. The van der Waals surface area contributed by atoms with Crippen LogP contribution in [0.25, 0.3) is 0 Å². The van der Waals surface area contributed by atoms with Gasteiger partial charge >= 0.3 is 0 Å². The minimum absolute atomic E-state index is 0.0777. The van der Waals surface area contributed by atoms with Gasteiger partial charge in [0.05, 0.1) is 5.60 Å². The third-order valence-electron chi connectivity index (χ3n) is 3.57. The summed E-state index contributed by atoms with van der Waals surface area (Å²) in [6.07, 6.45) is 2.02. The van der Waals surface area contributed by atoms with Crippen molar-refractivity contribution in [3.8, 4) is 0 Å². The van der Waals surface area contributed by atoms with Crippen LogP contribution in [-0.2, 0) is 4.74 Å². The van der Waals surface area contributed by atoms with E-state index >= 15 is 0 Å². The van der Waals surface area contributed by atoms with Crippen molar-refractivity contribution in [1.82, 2.24) is 0 Å². The van der Waals surface area contributed by atoms with Gasteiger partial charge in [-0.15, -0.1) is 0 Å². The maximum Gasteiger partial charge on any atom is 0.0639 e. The number of nitrogens with two attached hydrogens (primary N) is 1. The molecule has 0 heterocycles. The van der Waals surface area contributed by atoms with Crippen LogP contribution in [-0.4, -0.2) is 32.3 Å². The van der Waals surface area contributed by atoms with Crippen LogP contribution < -0.4 is 10.6 Å². The molecule has 0 saturated carbocycles. The highest BCUT2D eigenvalue weighted by Gasteiger charge is 2.18. The lowest BCUT2D eigenvalue weighted by Crippen LogP contribution is -2.33. The molecule has 0 radical (unpaired) electrons. The van der Waals surface area contributed by atoms with Crippen LogP contribution in [0.2, 0.25) is 0 Å². The summed E-state index contributed by atoms with van der Waals surface area (Å²) in [4.78, 5) is 2.40. The summed E-state index contributed by atoms with van der Waals surface area (Å²) in [6.45, 7) is 9.09. The van der Waals surface area contributed by atoms with E-state index in [1.165, 1.54) is 11.3 Å². The molecule has 0 bridgehead atoms. The number of nitrogens with zero attached hydrogens (tertiary/aromatic N) is 1. The Morgan fingerprint density at radius 2 is 1.79 bits per heavy atom. The first kappa shape index (κ1) is 16.0. The quantitative estimate of drug-likeness (QED) is 0.784. The molecule has 3 nitrogen and oxygen atoms in total. The molecule has 0 aliphatic rings. The van der Waals surface area contributed by atoms with Gasteiger partial charge in [0.2, 0.25) is 0 Å². The predicted octanol–water partition coefficient (Wildman–Crippen LogP) is 2.97. The van der Waals surface area contributed by atoms with Gasteiger partial charge in [0.25, 0.3) is 0 Å². The molecule has 0 aliphatic carbocycles. The second kappa shape index (κ2) is 7.51. The number of hydrogen-bond donors (Lipinski definition) is 1. The highest BCUT2D eigenvalue weighted by Crippen LogP contribution is 2.19. The Hall–Kier alpha value is -1.06. The summed E-state index contributed by atoms with van der Waals surface area (Å²) in [5.74, 6) is 0. The van der Waals surface area contributed by atoms with Crippen molar-refractivity contribution in [2.24, 2.45) is 5.73 Å². The van der Waals surface area contributed by atoms with Crippen molar-refractivity contribution in [2.75, 3.05) is 31.6 Å². The van der Waals surface area contributed by atoms with E-state index in [0.717, 1.165) is 32.5 Å². The highest BCUT2D eigenvalue weighted by atomic mass is 16.5. The van der Waals surface area contributed by atoms with Crippen molar-refractivity contribution in [3.63, 3.8) is 0 Å². The zero-order chi connectivity index (χ0) is 14.3. The van der Waals surface area contributed by atoms with Gasteiger partial charge in [-0.05, 0) is 52.3 Å². The molecule has 1 aromatic carbocycles. The fraction of sp³-hybridized carbons (Fsp3) is 0.625. The van der Waals surface area contributed by atoms with Crippen LogP contribution in [0.1, 0.15) is 32.3 Å². The third-order valence-corrected chi connectivity index (χ3v) is 3.57. The fourth-order valence-corrected chi connectivity index (χ4v) is 1.91. The molecule has 0 spiro atoms. The molecule has 0 unspecified atom stereocenters. The monoisotopic (exact) mass is 264 g/mol. The first-order valence-electron chi connectivity index (χ1n) is 7.05. The minimum Gasteiger partial charge on any atom is -0.379 e. The predicted molar refractivity (Wildman–Crippen MR) is 82.8 cm³/mol. The molecule has 3 heteroatoms. The maximum absolute atomic E-state index is 5.64. The molecule has 0 atom stereocenters. The summed E-state index contributed by atoms with van der Waals surface area (Å²) in [7, 11) is 1.77. The average Bonchev–Trinajstić information content (AvgIpc) is 2.40. The SMILES string of the molecule is COC(C)(C)CCN(CCCN)c1ccc(C)cc1. The van der Waals surface area contributed by atoms with E-state index in [9.17, 15) is 0 Å². The van der Waals surface area contributed by atoms with Gasteiger partial charge < -0.3 is 15.4 Å². The Morgan fingerprint density at radius 1 is 1.16 bits per heavy atom. The van der Waals surface area contributed by atoms with Crippen molar-refractivity contribution in [2.45, 2.75) is 39.2 Å². The largest absolute Gasteiger partial charge is 0.379 e. The van der Waals surface area contributed by atoms with Gasteiger partial charge in [-0.1, -0.05) is 17.7 Å². The van der Waals surface area contributed by atoms with E-state index in [-0.39, 0.29) is 5.60 Å². The Bertz CT molecular complexity index is 360. The van der Waals surface area contributed by atoms with Crippen molar-refractivity contribution in [1.29, 1.82) is 0 Å². The van der Waals surface area contributed by atoms with Crippen molar-refractivity contribution >= 4 is 5.69 Å². The number of aryl methyl sites for hydroxylation is 1. The van der Waals surface area contributed by atoms with Gasteiger partial charge in [-0.3, -0.25) is 0 Å². The standard InChI is InChI=1S/C16H28N2O/c1-14-6-8-15(9-7-14)18(12-5-11-17)13-10-16(2,3)19-4/h6-9H,5,10-13,17H2,1-4H3. The van der Waals surface area contributed by atoms with Crippen LogP contribution >= 0.6 is 0 Å². The van der Waals surface area contributed by atoms with Gasteiger partial charge in [0, 0.05) is 25.9 Å². The molecule has 108 valence electrons. The molecule has 2 N–H and O–H groups in total. The Balaban J connectivity index is 2.68. The average molecular weight is 264 g/mol. The Kier molecular flexibility index (Phi) is 6.32. The second-order valence-corrected chi connectivity index (χ2v) is 5.68. The van der Waals surface area contributed by atoms with Crippen molar-refractivity contribution < 1.29 is 4.74 Å². The molecule has 0 saturated heterocycles. The minimum atomic E-state index is -0.0777. The van der Waals surface area contributed by atoms with Crippen LogP contribution in [0, 0.1) is 6.92 Å². The molecule has 0 aromatic heterocycles. The van der Waals surface area contributed by atoms with E-state index in [4.69, 9.17) is 10.5 Å². The number of anilines is 1. The summed E-state index contributed by atoms with van der Waals surface area (Å²) in [5.41, 5.74) is 8.12. The lowest BCUT2D eigenvalue weighted by molar-refractivity contribution is 0.0172. The summed E-state index contributed by atoms with van der Waals surface area (Å²) in [6, 6.07) is 8.69. The number of methoxy groups -OCH3 is 1. The number of ether oxygens (including phenoxy) is 1. The number of hydrogen-bond acceptors (Lipinski definition) is 3. The molecule has 1 rings (SSSR count). The summed E-state index contributed by atoms with van der Waals surface area (Å²) in [5, 5.41) is 0. The second-order valence-electron chi connectivity index (χ2n) is 5.68. The summed E-state index contributed by atoms with van der Waals surface area (Å²) < 4.78 is 5.50. The Labute approximate surface area is 117 Å². The van der Waals surface area contributed by atoms with Crippen LogP contribution in [0.15, 0.2) is 24.3 Å². The van der Waals surface area contributed by atoms with Crippen LogP contribution in [0.3, 0.4) is 0 Å². The van der Waals surface area contributed by atoms with Crippen LogP contribution in [0.4, 0.5) is 5.69 Å². The van der Waals surface area contributed by atoms with Gasteiger partial charge in [-0.25, -0.2) is 0 Å². The zero-order valence-electron chi connectivity index (χ0n) is 12.8. The molecule has 0 amide bonds. The number of rotatable bonds is 8. The lowest BCUT2D eigenvalue weighted by atomic mass is 10.0. The Morgan fingerprint density at radius 3 is 2.32 bits per heavy atom. The molecule has 1 aromatic rings. The van der Waals surface area contributed by atoms with E-state index in [1.807, 2.05) is 0 Å².